The zero-order valence-electron chi connectivity index (χ0n) is 18.7. The number of nitrogens with one attached hydrogen (secondary N) is 2. The Balaban J connectivity index is 1.75. The standard InChI is InChI=1S/C25H20ClF3N2O4S/c1-2-21(23(33)31-20-11-10-14(26)12-19(20)25(27,28)29)36-16-7-5-6-15(13-16)30-22(32)17-8-3-4-9-18(17)24(34)35/h3-13,21H,2H2,1H3,(H,30,32)(H,31,33)(H,34,35). The number of thioether (sulfide) groups is 1. The van der Waals surface area contributed by atoms with E-state index in [2.05, 4.69) is 10.6 Å². The Hall–Kier alpha value is -3.50. The minimum atomic E-state index is -4.70. The summed E-state index contributed by atoms with van der Waals surface area (Å²) >= 11 is 6.81. The van der Waals surface area contributed by atoms with Crippen LogP contribution >= 0.6 is 23.4 Å². The number of hydrogen-bond acceptors (Lipinski definition) is 4. The van der Waals surface area contributed by atoms with Gasteiger partial charge < -0.3 is 15.7 Å². The lowest BCUT2D eigenvalue weighted by molar-refractivity contribution is -0.137. The number of carbonyl (C=O) groups is 3. The smallest absolute Gasteiger partial charge is 0.418 e. The predicted octanol–water partition coefficient (Wildman–Crippen LogP) is 6.82. The summed E-state index contributed by atoms with van der Waals surface area (Å²) in [6.45, 7) is 1.72. The number of alkyl halides is 3. The summed E-state index contributed by atoms with van der Waals surface area (Å²) in [6.07, 6.45) is -4.39. The van der Waals surface area contributed by atoms with Crippen LogP contribution in [0.4, 0.5) is 24.5 Å². The van der Waals surface area contributed by atoms with Crippen LogP contribution in [0.1, 0.15) is 39.6 Å². The van der Waals surface area contributed by atoms with Crippen LogP contribution in [0.5, 0.6) is 0 Å². The summed E-state index contributed by atoms with van der Waals surface area (Å²) in [5, 5.41) is 13.4. The zero-order valence-corrected chi connectivity index (χ0v) is 20.3. The van der Waals surface area contributed by atoms with E-state index in [-0.39, 0.29) is 16.1 Å². The molecule has 0 aliphatic rings. The second kappa shape index (κ2) is 11.5. The summed E-state index contributed by atoms with van der Waals surface area (Å²) in [5.74, 6) is -2.49. The average molecular weight is 537 g/mol. The number of carbonyl (C=O) groups excluding carboxylic acids is 2. The molecule has 0 bridgehead atoms. The van der Waals surface area contributed by atoms with Crippen molar-refractivity contribution >= 4 is 52.5 Å². The third-order valence-corrected chi connectivity index (χ3v) is 6.57. The topological polar surface area (TPSA) is 95.5 Å². The lowest BCUT2D eigenvalue weighted by Crippen LogP contribution is -2.26. The molecule has 36 heavy (non-hydrogen) atoms. The zero-order chi connectivity index (χ0) is 26.5. The van der Waals surface area contributed by atoms with Gasteiger partial charge in [-0.3, -0.25) is 9.59 Å². The Morgan fingerprint density at radius 2 is 1.67 bits per heavy atom. The SMILES string of the molecule is CCC(Sc1cccc(NC(=O)c2ccccc2C(=O)O)c1)C(=O)Nc1ccc(Cl)cc1C(F)(F)F. The largest absolute Gasteiger partial charge is 0.478 e. The summed E-state index contributed by atoms with van der Waals surface area (Å²) in [6, 6.07) is 15.4. The van der Waals surface area contributed by atoms with Crippen LogP contribution in [-0.2, 0) is 11.0 Å². The van der Waals surface area contributed by atoms with Gasteiger partial charge in [0, 0.05) is 15.6 Å². The van der Waals surface area contributed by atoms with Gasteiger partial charge in [-0.05, 0) is 55.0 Å². The molecule has 0 aromatic heterocycles. The molecule has 0 saturated carbocycles. The van der Waals surface area contributed by atoms with Gasteiger partial charge in [0.15, 0.2) is 0 Å². The molecule has 3 rings (SSSR count). The molecule has 0 spiro atoms. The Morgan fingerprint density at radius 3 is 2.31 bits per heavy atom. The van der Waals surface area contributed by atoms with Gasteiger partial charge in [0.2, 0.25) is 5.91 Å². The van der Waals surface area contributed by atoms with Crippen molar-refractivity contribution in [3.8, 4) is 0 Å². The fourth-order valence-electron chi connectivity index (χ4n) is 3.27. The lowest BCUT2D eigenvalue weighted by Gasteiger charge is -2.18. The number of halogens is 4. The highest BCUT2D eigenvalue weighted by molar-refractivity contribution is 8.00. The number of anilines is 2. The van der Waals surface area contributed by atoms with E-state index < -0.39 is 40.5 Å². The van der Waals surface area contributed by atoms with E-state index in [1.54, 1.807) is 37.3 Å². The molecule has 0 aliphatic heterocycles. The van der Waals surface area contributed by atoms with Crippen LogP contribution in [0.25, 0.3) is 0 Å². The number of carboxylic acid groups (broad SMARTS) is 1. The van der Waals surface area contributed by atoms with Crippen molar-refractivity contribution in [3.63, 3.8) is 0 Å². The number of benzene rings is 3. The van der Waals surface area contributed by atoms with Gasteiger partial charge in [-0.1, -0.05) is 36.7 Å². The summed E-state index contributed by atoms with van der Waals surface area (Å²) in [4.78, 5) is 37.4. The lowest BCUT2D eigenvalue weighted by atomic mass is 10.1. The predicted molar refractivity (Wildman–Crippen MR) is 133 cm³/mol. The van der Waals surface area contributed by atoms with E-state index in [9.17, 15) is 32.7 Å². The average Bonchev–Trinajstić information content (AvgIpc) is 2.83. The molecule has 3 N–H and O–H groups in total. The normalized spacial score (nSPS) is 12.0. The second-order valence-corrected chi connectivity index (χ2v) is 9.24. The molecule has 3 aromatic rings. The first-order chi connectivity index (χ1) is 17.0. The number of hydrogen-bond donors (Lipinski definition) is 3. The second-order valence-electron chi connectivity index (χ2n) is 7.52. The number of amides is 2. The molecule has 188 valence electrons. The van der Waals surface area contributed by atoms with Crippen LogP contribution in [0.15, 0.2) is 71.6 Å². The maximum absolute atomic E-state index is 13.4. The summed E-state index contributed by atoms with van der Waals surface area (Å²) in [5.41, 5.74) is -1.25. The van der Waals surface area contributed by atoms with E-state index in [0.717, 1.165) is 23.9 Å². The number of rotatable bonds is 8. The van der Waals surface area contributed by atoms with E-state index in [0.29, 0.717) is 17.0 Å². The summed E-state index contributed by atoms with van der Waals surface area (Å²) in [7, 11) is 0. The molecule has 0 radical (unpaired) electrons. The summed E-state index contributed by atoms with van der Waals surface area (Å²) < 4.78 is 40.1. The van der Waals surface area contributed by atoms with Gasteiger partial charge in [-0.2, -0.15) is 13.2 Å². The third-order valence-electron chi connectivity index (χ3n) is 4.98. The van der Waals surface area contributed by atoms with Crippen molar-refractivity contribution in [2.24, 2.45) is 0 Å². The van der Waals surface area contributed by atoms with Gasteiger partial charge in [-0.15, -0.1) is 11.8 Å². The van der Waals surface area contributed by atoms with Crippen LogP contribution in [0.3, 0.4) is 0 Å². The van der Waals surface area contributed by atoms with Crippen molar-refractivity contribution in [2.45, 2.75) is 29.7 Å². The highest BCUT2D eigenvalue weighted by atomic mass is 35.5. The minimum Gasteiger partial charge on any atom is -0.478 e. The van der Waals surface area contributed by atoms with Gasteiger partial charge in [0.1, 0.15) is 0 Å². The minimum absolute atomic E-state index is 0.0164. The van der Waals surface area contributed by atoms with Crippen molar-refractivity contribution < 1.29 is 32.7 Å². The fraction of sp³-hybridized carbons (Fsp3) is 0.160. The van der Waals surface area contributed by atoms with Crippen LogP contribution in [0.2, 0.25) is 5.02 Å². The number of carboxylic acids is 1. The van der Waals surface area contributed by atoms with Gasteiger partial charge >= 0.3 is 12.1 Å². The molecule has 11 heteroatoms. The van der Waals surface area contributed by atoms with Crippen molar-refractivity contribution in [3.05, 3.63) is 88.4 Å². The van der Waals surface area contributed by atoms with Crippen molar-refractivity contribution in [1.82, 2.24) is 0 Å². The fourth-order valence-corrected chi connectivity index (χ4v) is 4.46. The Labute approximate surface area is 213 Å². The highest BCUT2D eigenvalue weighted by Gasteiger charge is 2.34. The highest BCUT2D eigenvalue weighted by Crippen LogP contribution is 2.37. The molecule has 0 aliphatic carbocycles. The molecular formula is C25H20ClF3N2O4S. The first-order valence-corrected chi connectivity index (χ1v) is 11.8. The first kappa shape index (κ1) is 27.1. The van der Waals surface area contributed by atoms with Gasteiger partial charge in [0.05, 0.1) is 27.6 Å². The Bertz CT molecular complexity index is 1300. The van der Waals surface area contributed by atoms with E-state index in [1.807, 2.05) is 0 Å². The quantitative estimate of drug-likeness (QED) is 0.275. The number of aromatic carboxylic acids is 1. The van der Waals surface area contributed by atoms with Crippen molar-refractivity contribution in [2.75, 3.05) is 10.6 Å². The van der Waals surface area contributed by atoms with E-state index >= 15 is 0 Å². The Morgan fingerprint density at radius 1 is 0.972 bits per heavy atom. The first-order valence-electron chi connectivity index (χ1n) is 10.6. The molecule has 6 nitrogen and oxygen atoms in total. The molecule has 1 unspecified atom stereocenters. The van der Waals surface area contributed by atoms with Crippen molar-refractivity contribution in [1.29, 1.82) is 0 Å². The van der Waals surface area contributed by atoms with E-state index in [4.69, 9.17) is 11.6 Å². The maximum Gasteiger partial charge on any atom is 0.418 e. The van der Waals surface area contributed by atoms with Gasteiger partial charge in [0.25, 0.3) is 5.91 Å². The monoisotopic (exact) mass is 536 g/mol. The van der Waals surface area contributed by atoms with Crippen LogP contribution in [0, 0.1) is 0 Å². The molecule has 2 amide bonds. The third kappa shape index (κ3) is 6.79. The van der Waals surface area contributed by atoms with Gasteiger partial charge in [-0.25, -0.2) is 4.79 Å². The maximum atomic E-state index is 13.4. The molecular weight excluding hydrogens is 517 g/mol. The van der Waals surface area contributed by atoms with E-state index in [1.165, 1.54) is 24.3 Å². The van der Waals surface area contributed by atoms with Crippen LogP contribution in [-0.4, -0.2) is 28.1 Å². The Kier molecular flexibility index (Phi) is 8.65. The molecule has 0 heterocycles. The molecule has 1 atom stereocenters. The van der Waals surface area contributed by atoms with Crippen LogP contribution < -0.4 is 10.6 Å². The molecule has 0 fully saturated rings. The molecule has 3 aromatic carbocycles. The molecule has 0 saturated heterocycles.